The van der Waals surface area contributed by atoms with Crippen LogP contribution in [0, 0.1) is 11.8 Å². The Balaban J connectivity index is 1.40. The second-order valence-electron chi connectivity index (χ2n) is 10.8. The van der Waals surface area contributed by atoms with Gasteiger partial charge in [-0.2, -0.15) is 4.40 Å². The molecule has 2 saturated heterocycles. The summed E-state index contributed by atoms with van der Waals surface area (Å²) in [5, 5.41) is 12.2. The lowest BCUT2D eigenvalue weighted by Gasteiger charge is -2.46. The molecule has 0 unspecified atom stereocenters. The molecule has 2 aromatic rings. The van der Waals surface area contributed by atoms with Crippen LogP contribution in [0.5, 0.6) is 0 Å². The molecule has 10 nitrogen and oxygen atoms in total. The van der Waals surface area contributed by atoms with Crippen LogP contribution in [-0.4, -0.2) is 87.1 Å². The average molecular weight is 632 g/mol. The van der Waals surface area contributed by atoms with E-state index in [1.807, 2.05) is 41.4 Å². The van der Waals surface area contributed by atoms with Crippen LogP contribution in [0.2, 0.25) is 0 Å². The van der Waals surface area contributed by atoms with E-state index in [2.05, 4.69) is 13.2 Å². The maximum Gasteiger partial charge on any atom is 0.410 e. The van der Waals surface area contributed by atoms with Gasteiger partial charge in [0.1, 0.15) is 44.0 Å². The minimum atomic E-state index is -0.850. The van der Waals surface area contributed by atoms with Crippen molar-refractivity contribution in [3.05, 3.63) is 65.6 Å². The van der Waals surface area contributed by atoms with Gasteiger partial charge in [0, 0.05) is 28.0 Å². The summed E-state index contributed by atoms with van der Waals surface area (Å²) in [6, 6.07) is -0.634. The number of aryl methyl sites for hydroxylation is 1. The van der Waals surface area contributed by atoms with E-state index in [1.54, 1.807) is 27.7 Å². The van der Waals surface area contributed by atoms with Crippen molar-refractivity contribution in [1.29, 1.82) is 0 Å². The summed E-state index contributed by atoms with van der Waals surface area (Å²) in [7, 11) is 0. The second kappa shape index (κ2) is 13.1. The van der Waals surface area contributed by atoms with Gasteiger partial charge in [-0.15, -0.1) is 11.8 Å². The lowest BCUT2D eigenvalue weighted by molar-refractivity contribution is -0.695. The van der Waals surface area contributed by atoms with Gasteiger partial charge in [0.15, 0.2) is 0 Å². The lowest BCUT2D eigenvalue weighted by Crippen LogP contribution is -2.63. The second-order valence-corrected chi connectivity index (χ2v) is 13.0. The average Bonchev–Trinajstić information content (AvgIpc) is 3.72. The first kappa shape index (κ1) is 31.0. The van der Waals surface area contributed by atoms with Gasteiger partial charge in [0.2, 0.25) is 17.1 Å². The fraction of sp³-hybridized carbons (Fsp3) is 0.467. The number of β-lactam (4-membered cyclic amide) rings is 1. The molecule has 0 aromatic carbocycles. The van der Waals surface area contributed by atoms with Gasteiger partial charge in [0.25, 0.3) is 0 Å². The third-order valence-corrected chi connectivity index (χ3v) is 10.4. The SMILES string of the molecule is C=CCOC(=O)C1=C(S[C@H]2C[C@@H](/C=C\c3csc4c[n+](CCF)cn34)N(C(=O)OCC=C)C2)[C@H](C)[C@@H]2[C@@H]([C@@H](C)O)C(=O)N12. The fourth-order valence-electron chi connectivity index (χ4n) is 6.02. The van der Waals surface area contributed by atoms with Crippen molar-refractivity contribution in [2.75, 3.05) is 26.4 Å². The van der Waals surface area contributed by atoms with E-state index in [4.69, 9.17) is 9.47 Å². The number of nitrogens with zero attached hydrogens (tertiary/aromatic N) is 4. The van der Waals surface area contributed by atoms with Gasteiger partial charge in [-0.25, -0.2) is 18.5 Å². The van der Waals surface area contributed by atoms with Crippen LogP contribution in [0.15, 0.2) is 59.9 Å². The first-order valence-corrected chi connectivity index (χ1v) is 15.9. The number of aliphatic hydroxyl groups excluding tert-OH is 1. The van der Waals surface area contributed by atoms with E-state index in [0.29, 0.717) is 17.9 Å². The zero-order chi connectivity index (χ0) is 30.8. The van der Waals surface area contributed by atoms with Crippen molar-refractivity contribution >= 4 is 52.0 Å². The number of thiazole rings is 1. The van der Waals surface area contributed by atoms with Crippen molar-refractivity contribution in [2.45, 2.75) is 50.3 Å². The Bertz CT molecular complexity index is 1480. The highest BCUT2D eigenvalue weighted by Crippen LogP contribution is 2.52. The van der Waals surface area contributed by atoms with Crippen molar-refractivity contribution in [2.24, 2.45) is 11.8 Å². The smallest absolute Gasteiger partial charge is 0.410 e. The van der Waals surface area contributed by atoms with E-state index in [9.17, 15) is 23.9 Å². The molecular formula is C30H36FN4O6S2+. The van der Waals surface area contributed by atoms with Crippen molar-refractivity contribution in [1.82, 2.24) is 14.2 Å². The number of hydrogen-bond acceptors (Lipinski definition) is 8. The van der Waals surface area contributed by atoms with Gasteiger partial charge in [-0.3, -0.25) is 4.79 Å². The molecule has 6 atom stereocenters. The van der Waals surface area contributed by atoms with Crippen LogP contribution in [0.3, 0.4) is 0 Å². The summed E-state index contributed by atoms with van der Waals surface area (Å²) in [4.78, 5) is 44.1. The summed E-state index contributed by atoms with van der Waals surface area (Å²) in [6.07, 6.45) is 9.89. The third kappa shape index (κ3) is 5.89. The Morgan fingerprint density at radius 3 is 2.74 bits per heavy atom. The Morgan fingerprint density at radius 2 is 2.05 bits per heavy atom. The number of imidazole rings is 1. The van der Waals surface area contributed by atoms with Crippen molar-refractivity contribution in [3.8, 4) is 0 Å². The van der Waals surface area contributed by atoms with E-state index >= 15 is 0 Å². The third-order valence-electron chi connectivity index (χ3n) is 7.98. The number of aliphatic hydroxyl groups is 1. The highest BCUT2D eigenvalue weighted by atomic mass is 32.2. The topological polar surface area (TPSA) is 105 Å². The molecule has 3 aliphatic rings. The molecule has 0 spiro atoms. The predicted octanol–water partition coefficient (Wildman–Crippen LogP) is 3.57. The van der Waals surface area contributed by atoms with Crippen molar-refractivity contribution < 1.29 is 37.9 Å². The first-order chi connectivity index (χ1) is 20.7. The predicted molar refractivity (Wildman–Crippen MR) is 162 cm³/mol. The largest absolute Gasteiger partial charge is 0.457 e. The monoisotopic (exact) mass is 631 g/mol. The maximum absolute atomic E-state index is 13.2. The molecule has 13 heteroatoms. The summed E-state index contributed by atoms with van der Waals surface area (Å²) in [5.41, 5.74) is 1.11. The van der Waals surface area contributed by atoms with E-state index in [0.717, 1.165) is 10.5 Å². The molecule has 1 N–H and O–H groups in total. The number of alkyl halides is 1. The van der Waals surface area contributed by atoms with E-state index in [1.165, 1.54) is 28.8 Å². The number of aromatic nitrogens is 2. The molecule has 2 aromatic heterocycles. The highest BCUT2D eigenvalue weighted by Gasteiger charge is 2.60. The number of likely N-dealkylation sites (tertiary alicyclic amines) is 1. The van der Waals surface area contributed by atoms with Gasteiger partial charge >= 0.3 is 12.1 Å². The number of carbonyl (C=O) groups is 3. The minimum Gasteiger partial charge on any atom is -0.457 e. The number of carbonyl (C=O) groups excluding carboxylic acids is 3. The van der Waals surface area contributed by atoms with Crippen LogP contribution in [-0.2, 0) is 25.6 Å². The van der Waals surface area contributed by atoms with E-state index in [-0.39, 0.29) is 54.6 Å². The Hall–Kier alpha value is -3.42. The number of esters is 1. The molecule has 43 heavy (non-hydrogen) atoms. The van der Waals surface area contributed by atoms with Gasteiger partial charge in [-0.1, -0.05) is 49.6 Å². The molecule has 5 heterocycles. The normalized spacial score (nSPS) is 25.8. The molecule has 2 fully saturated rings. The molecule has 0 radical (unpaired) electrons. The van der Waals surface area contributed by atoms with Gasteiger partial charge < -0.3 is 24.4 Å². The number of rotatable bonds is 12. The lowest BCUT2D eigenvalue weighted by atomic mass is 9.79. The number of ether oxygens (including phenoxy) is 2. The number of halogens is 1. The molecule has 3 aliphatic heterocycles. The number of hydrogen-bond donors (Lipinski definition) is 1. The zero-order valence-corrected chi connectivity index (χ0v) is 25.8. The Labute approximate surface area is 257 Å². The fourth-order valence-corrected chi connectivity index (χ4v) is 8.45. The molecule has 0 bridgehead atoms. The number of thioether (sulfide) groups is 1. The van der Waals surface area contributed by atoms with Crippen LogP contribution < -0.4 is 4.57 Å². The quantitative estimate of drug-likeness (QED) is 0.165. The van der Waals surface area contributed by atoms with Crippen LogP contribution in [0.4, 0.5) is 9.18 Å². The zero-order valence-electron chi connectivity index (χ0n) is 24.1. The van der Waals surface area contributed by atoms with Gasteiger partial charge in [-0.05, 0) is 19.4 Å². The molecule has 230 valence electrons. The molecule has 5 rings (SSSR count). The van der Waals surface area contributed by atoms with Crippen molar-refractivity contribution in [3.63, 3.8) is 0 Å². The summed E-state index contributed by atoms with van der Waals surface area (Å²) in [6.45, 7) is 11.0. The maximum atomic E-state index is 13.2. The minimum absolute atomic E-state index is 0.00539. The highest BCUT2D eigenvalue weighted by molar-refractivity contribution is 8.03. The van der Waals surface area contributed by atoms with E-state index < -0.39 is 30.8 Å². The number of amides is 2. The standard InChI is InChI=1S/C30H36FN4O6S2/c1-5-11-40-29(38)26-27(18(3)25-24(19(4)36)28(37)35(25)26)43-22-13-20(33(14-22)30(39)41-12-6-2)7-8-21-16-42-23-15-32(10-9-31)17-34(21)23/h5-8,15-20,22,24-25,36H,1-2,9-14H2,3-4H3/q+1/b8-7-/t18-,19-,20-,22+,24-,25-/m1/s1. The Kier molecular flexibility index (Phi) is 9.42. The van der Waals surface area contributed by atoms with Crippen LogP contribution in [0.25, 0.3) is 10.9 Å². The van der Waals surface area contributed by atoms with Gasteiger partial charge in [0.05, 0.1) is 24.1 Å². The molecular weight excluding hydrogens is 595 g/mol. The van der Waals surface area contributed by atoms with Crippen LogP contribution >= 0.6 is 23.1 Å². The Morgan fingerprint density at radius 1 is 1.30 bits per heavy atom. The summed E-state index contributed by atoms with van der Waals surface area (Å²) in [5.74, 6) is -1.70. The number of fused-ring (bicyclic) bond motifs is 2. The molecule has 0 saturated carbocycles. The summed E-state index contributed by atoms with van der Waals surface area (Å²) >= 11 is 3.01. The van der Waals surface area contributed by atoms with Crippen LogP contribution in [0.1, 0.15) is 26.0 Å². The molecule has 2 amide bonds. The summed E-state index contributed by atoms with van der Waals surface area (Å²) < 4.78 is 27.4. The molecule has 0 aliphatic carbocycles. The first-order valence-electron chi connectivity index (χ1n) is 14.2.